The number of aromatic carboxylic acids is 1. The molecule has 1 N–H and O–H groups in total. The number of anilines is 2. The molecular formula is C36H40N2O3S. The van der Waals surface area contributed by atoms with E-state index in [-0.39, 0.29) is 0 Å². The second kappa shape index (κ2) is 13.6. The van der Waals surface area contributed by atoms with Crippen molar-refractivity contribution in [2.45, 2.75) is 76.7 Å². The number of benzene rings is 3. The molecule has 6 rings (SSSR count). The predicted molar refractivity (Wildman–Crippen MR) is 171 cm³/mol. The second-order valence-corrected chi connectivity index (χ2v) is 12.7. The first kappa shape index (κ1) is 28.5. The van der Waals surface area contributed by atoms with E-state index in [4.69, 9.17) is 9.72 Å². The van der Waals surface area contributed by atoms with Crippen molar-refractivity contribution in [3.8, 4) is 17.0 Å². The Balaban J connectivity index is 1.15. The van der Waals surface area contributed by atoms with Crippen LogP contribution in [-0.2, 0) is 6.61 Å². The quantitative estimate of drug-likeness (QED) is 0.202. The highest BCUT2D eigenvalue weighted by Gasteiger charge is 2.22. The zero-order valence-corrected chi connectivity index (χ0v) is 25.0. The van der Waals surface area contributed by atoms with Crippen LogP contribution in [0.5, 0.6) is 5.75 Å². The fourth-order valence-corrected chi connectivity index (χ4v) is 7.32. The maximum absolute atomic E-state index is 11.4. The van der Waals surface area contributed by atoms with Gasteiger partial charge in [-0.25, -0.2) is 9.78 Å². The van der Waals surface area contributed by atoms with Crippen LogP contribution in [0, 0.1) is 5.92 Å². The van der Waals surface area contributed by atoms with Crippen molar-refractivity contribution in [3.63, 3.8) is 0 Å². The van der Waals surface area contributed by atoms with E-state index in [1.165, 1.54) is 75.3 Å². The van der Waals surface area contributed by atoms with Gasteiger partial charge < -0.3 is 14.7 Å². The summed E-state index contributed by atoms with van der Waals surface area (Å²) in [5.74, 6) is 1.26. The molecule has 0 saturated heterocycles. The van der Waals surface area contributed by atoms with Gasteiger partial charge in [0.15, 0.2) is 5.13 Å². The molecule has 0 aliphatic heterocycles. The summed E-state index contributed by atoms with van der Waals surface area (Å²) in [7, 11) is 0. The highest BCUT2D eigenvalue weighted by molar-refractivity contribution is 7.14. The Bertz CT molecular complexity index is 1450. The van der Waals surface area contributed by atoms with E-state index in [1.807, 2.05) is 24.3 Å². The van der Waals surface area contributed by atoms with Gasteiger partial charge in [-0.1, -0.05) is 74.9 Å². The summed E-state index contributed by atoms with van der Waals surface area (Å²) in [6.07, 6.45) is 13.0. The molecule has 6 heteroatoms. The van der Waals surface area contributed by atoms with Crippen LogP contribution in [0.1, 0.15) is 91.6 Å². The number of carboxylic acid groups (broad SMARTS) is 1. The van der Waals surface area contributed by atoms with E-state index < -0.39 is 5.97 Å². The number of hydrogen-bond donors (Lipinski definition) is 1. The fraction of sp³-hybridized carbons (Fsp3) is 0.389. The number of rotatable bonds is 10. The summed E-state index contributed by atoms with van der Waals surface area (Å²) >= 11 is 1.63. The number of carbonyl (C=O) groups is 1. The number of thiazole rings is 1. The van der Waals surface area contributed by atoms with Crippen molar-refractivity contribution in [3.05, 3.63) is 94.9 Å². The highest BCUT2D eigenvalue weighted by Crippen LogP contribution is 2.36. The topological polar surface area (TPSA) is 62.7 Å². The van der Waals surface area contributed by atoms with Crippen molar-refractivity contribution < 1.29 is 14.6 Å². The van der Waals surface area contributed by atoms with Gasteiger partial charge in [0.2, 0.25) is 0 Å². The van der Waals surface area contributed by atoms with Crippen molar-refractivity contribution in [2.24, 2.45) is 5.92 Å². The first-order valence-corrected chi connectivity index (χ1v) is 16.4. The van der Waals surface area contributed by atoms with Crippen LogP contribution < -0.4 is 9.64 Å². The van der Waals surface area contributed by atoms with Gasteiger partial charge in [-0.3, -0.25) is 0 Å². The molecule has 0 amide bonds. The lowest BCUT2D eigenvalue weighted by Gasteiger charge is -2.29. The van der Waals surface area contributed by atoms with Gasteiger partial charge >= 0.3 is 5.97 Å². The van der Waals surface area contributed by atoms with E-state index in [0.717, 1.165) is 40.3 Å². The lowest BCUT2D eigenvalue weighted by molar-refractivity contribution is 0.0697. The van der Waals surface area contributed by atoms with E-state index in [0.29, 0.717) is 18.1 Å². The molecule has 0 radical (unpaired) electrons. The van der Waals surface area contributed by atoms with Crippen LogP contribution in [0.15, 0.2) is 78.2 Å². The first-order chi connectivity index (χ1) is 20.6. The van der Waals surface area contributed by atoms with Gasteiger partial charge in [0.1, 0.15) is 12.4 Å². The molecule has 0 atom stereocenters. The molecule has 2 aliphatic rings. The summed E-state index contributed by atoms with van der Waals surface area (Å²) < 4.78 is 6.21. The summed E-state index contributed by atoms with van der Waals surface area (Å²) in [5, 5.41) is 12.4. The lowest BCUT2D eigenvalue weighted by atomic mass is 9.84. The normalized spacial score (nSPS) is 16.3. The molecule has 42 heavy (non-hydrogen) atoms. The molecular weight excluding hydrogens is 540 g/mol. The van der Waals surface area contributed by atoms with E-state index in [1.54, 1.807) is 23.5 Å². The molecule has 0 spiro atoms. The van der Waals surface area contributed by atoms with Crippen LogP contribution in [-0.4, -0.2) is 22.6 Å². The summed E-state index contributed by atoms with van der Waals surface area (Å²) in [5.41, 5.74) is 5.89. The third-order valence-electron chi connectivity index (χ3n) is 8.91. The Hall–Kier alpha value is -3.64. The van der Waals surface area contributed by atoms with Crippen LogP contribution >= 0.6 is 11.3 Å². The molecule has 0 bridgehead atoms. The minimum atomic E-state index is -0.907. The first-order valence-electron chi connectivity index (χ1n) is 15.5. The Morgan fingerprint density at radius 2 is 1.60 bits per heavy atom. The van der Waals surface area contributed by atoms with Crippen molar-refractivity contribution in [1.29, 1.82) is 0 Å². The van der Waals surface area contributed by atoms with Gasteiger partial charge in [0.25, 0.3) is 0 Å². The third kappa shape index (κ3) is 7.04. The Labute approximate surface area is 253 Å². The van der Waals surface area contributed by atoms with Gasteiger partial charge in [-0.05, 0) is 85.0 Å². The molecule has 4 aromatic rings. The smallest absolute Gasteiger partial charge is 0.335 e. The van der Waals surface area contributed by atoms with Gasteiger partial charge in [0, 0.05) is 23.2 Å². The number of hydrogen-bond acceptors (Lipinski definition) is 5. The zero-order chi connectivity index (χ0) is 28.7. The standard InChI is InChI=1S/C36H40N2O3S/c39-35(40)30-18-20-32(21-19-30)38(23-26-8-3-1-4-9-26)36-37-34(25-42-36)31-12-7-13-33(22-31)41-24-27-14-16-29(17-15-27)28-10-5-2-6-11-28/h7,12-22,25-26,28H,1-6,8-11,23-24H2,(H,39,40). The largest absolute Gasteiger partial charge is 0.489 e. The van der Waals surface area contributed by atoms with Crippen LogP contribution in [0.2, 0.25) is 0 Å². The van der Waals surface area contributed by atoms with Crippen molar-refractivity contribution in [1.82, 2.24) is 4.98 Å². The minimum Gasteiger partial charge on any atom is -0.489 e. The molecule has 218 valence electrons. The van der Waals surface area contributed by atoms with E-state index in [9.17, 15) is 9.90 Å². The molecule has 1 aromatic heterocycles. The molecule has 2 saturated carbocycles. The maximum atomic E-state index is 11.4. The molecule has 2 aliphatic carbocycles. The van der Waals surface area contributed by atoms with E-state index in [2.05, 4.69) is 46.7 Å². The molecule has 1 heterocycles. The lowest BCUT2D eigenvalue weighted by Crippen LogP contribution is -2.26. The van der Waals surface area contributed by atoms with Gasteiger partial charge in [-0.15, -0.1) is 11.3 Å². The Morgan fingerprint density at radius 3 is 2.31 bits per heavy atom. The van der Waals surface area contributed by atoms with Gasteiger partial charge in [-0.2, -0.15) is 0 Å². The molecule has 5 nitrogen and oxygen atoms in total. The van der Waals surface area contributed by atoms with Crippen molar-refractivity contribution in [2.75, 3.05) is 11.4 Å². The second-order valence-electron chi connectivity index (χ2n) is 11.9. The van der Waals surface area contributed by atoms with Crippen LogP contribution in [0.3, 0.4) is 0 Å². The monoisotopic (exact) mass is 580 g/mol. The Morgan fingerprint density at radius 1 is 0.881 bits per heavy atom. The highest BCUT2D eigenvalue weighted by atomic mass is 32.1. The summed E-state index contributed by atoms with van der Waals surface area (Å²) in [6, 6.07) is 24.4. The maximum Gasteiger partial charge on any atom is 0.335 e. The van der Waals surface area contributed by atoms with Gasteiger partial charge in [0.05, 0.1) is 11.3 Å². The summed E-state index contributed by atoms with van der Waals surface area (Å²) in [6.45, 7) is 1.43. The average molecular weight is 581 g/mol. The molecule has 2 fully saturated rings. The number of carboxylic acids is 1. The number of nitrogens with zero attached hydrogens (tertiary/aromatic N) is 2. The third-order valence-corrected chi connectivity index (χ3v) is 9.77. The minimum absolute atomic E-state index is 0.299. The van der Waals surface area contributed by atoms with Crippen molar-refractivity contribution >= 4 is 28.1 Å². The Kier molecular flexibility index (Phi) is 9.19. The number of aromatic nitrogens is 1. The van der Waals surface area contributed by atoms with E-state index >= 15 is 0 Å². The molecule has 3 aromatic carbocycles. The average Bonchev–Trinajstić information content (AvgIpc) is 3.54. The van der Waals surface area contributed by atoms with Crippen LogP contribution in [0.4, 0.5) is 10.8 Å². The fourth-order valence-electron chi connectivity index (χ4n) is 6.46. The number of ether oxygens (including phenoxy) is 1. The summed E-state index contributed by atoms with van der Waals surface area (Å²) in [4.78, 5) is 18.8. The predicted octanol–water partition coefficient (Wildman–Crippen LogP) is 9.85. The zero-order valence-electron chi connectivity index (χ0n) is 24.2. The van der Waals surface area contributed by atoms with Crippen LogP contribution in [0.25, 0.3) is 11.3 Å². The molecule has 0 unspecified atom stereocenters. The SMILES string of the molecule is O=C(O)c1ccc(N(CC2CCCCC2)c2nc(-c3cccc(OCc4ccc(C5CCCCC5)cc4)c3)cs2)cc1.